The Labute approximate surface area is 176 Å². The summed E-state index contributed by atoms with van der Waals surface area (Å²) in [5, 5.41) is 18.4. The summed E-state index contributed by atoms with van der Waals surface area (Å²) in [5.74, 6) is -0.753. The molecule has 2 N–H and O–H groups in total. The predicted octanol–water partition coefficient (Wildman–Crippen LogP) is 1.66. The highest BCUT2D eigenvalue weighted by atomic mass is 19.3. The number of alkyl halides is 2. The molecule has 1 fully saturated rings. The van der Waals surface area contributed by atoms with Gasteiger partial charge in [0.1, 0.15) is 5.69 Å². The lowest BCUT2D eigenvalue weighted by Gasteiger charge is -2.48. The Hall–Kier alpha value is -2.98. The maximum Gasteiger partial charge on any atom is 0.293 e. The molecule has 10 heteroatoms. The first kappa shape index (κ1) is 20.0. The van der Waals surface area contributed by atoms with Crippen LogP contribution in [0, 0.1) is 6.92 Å². The SMILES string of the molecule is Cc1cc(C(F)F)n2nc(C(=O)N3CC[C@]4(Cc5ccccc5CN4)[C@H](O)C3)nc2n1. The summed E-state index contributed by atoms with van der Waals surface area (Å²) in [6.07, 6.45) is -2.32. The van der Waals surface area contributed by atoms with Gasteiger partial charge >= 0.3 is 0 Å². The quantitative estimate of drug-likeness (QED) is 0.645. The van der Waals surface area contributed by atoms with Crippen LogP contribution in [-0.4, -0.2) is 60.2 Å². The minimum absolute atomic E-state index is 0.0433. The molecule has 1 spiro atoms. The molecule has 2 aliphatic heterocycles. The third kappa shape index (κ3) is 3.35. The second kappa shape index (κ2) is 7.31. The maximum atomic E-state index is 13.3. The second-order valence-corrected chi connectivity index (χ2v) is 8.24. The predicted molar refractivity (Wildman–Crippen MR) is 107 cm³/mol. The van der Waals surface area contributed by atoms with Crippen LogP contribution in [0.25, 0.3) is 5.78 Å². The van der Waals surface area contributed by atoms with Gasteiger partial charge in [0, 0.05) is 25.3 Å². The van der Waals surface area contributed by atoms with Gasteiger partial charge in [-0.05, 0) is 37.0 Å². The van der Waals surface area contributed by atoms with Crippen molar-refractivity contribution in [3.63, 3.8) is 0 Å². The zero-order valence-corrected chi connectivity index (χ0v) is 16.9. The van der Waals surface area contributed by atoms with E-state index in [1.807, 2.05) is 12.1 Å². The molecule has 0 bridgehead atoms. The number of halogens is 2. The Kier molecular flexibility index (Phi) is 4.71. The lowest BCUT2D eigenvalue weighted by atomic mass is 9.76. The lowest BCUT2D eigenvalue weighted by Crippen LogP contribution is -2.65. The van der Waals surface area contributed by atoms with Crippen LogP contribution in [0.5, 0.6) is 0 Å². The number of hydrogen-bond donors (Lipinski definition) is 2. The molecular weight excluding hydrogens is 406 g/mol. The van der Waals surface area contributed by atoms with Crippen LogP contribution in [-0.2, 0) is 13.0 Å². The first-order chi connectivity index (χ1) is 14.9. The fourth-order valence-corrected chi connectivity index (χ4v) is 4.55. The van der Waals surface area contributed by atoms with Gasteiger partial charge in [-0.15, -0.1) is 5.10 Å². The van der Waals surface area contributed by atoms with Gasteiger partial charge in [-0.2, -0.15) is 9.50 Å². The van der Waals surface area contributed by atoms with Crippen molar-refractivity contribution in [3.05, 3.63) is 58.7 Å². The molecule has 162 valence electrons. The third-order valence-corrected chi connectivity index (χ3v) is 6.28. The summed E-state index contributed by atoms with van der Waals surface area (Å²) in [5.41, 5.74) is 1.91. The molecule has 4 heterocycles. The number of fused-ring (bicyclic) bond motifs is 2. The number of aliphatic hydroxyl groups is 1. The van der Waals surface area contributed by atoms with E-state index >= 15 is 0 Å². The van der Waals surface area contributed by atoms with Crippen LogP contribution in [0.15, 0.2) is 30.3 Å². The number of amides is 1. The monoisotopic (exact) mass is 428 g/mol. The van der Waals surface area contributed by atoms with E-state index in [1.54, 1.807) is 6.92 Å². The van der Waals surface area contributed by atoms with E-state index < -0.39 is 24.0 Å². The number of nitrogens with one attached hydrogen (secondary N) is 1. The van der Waals surface area contributed by atoms with Crippen molar-refractivity contribution in [2.45, 2.75) is 44.4 Å². The molecule has 2 aliphatic rings. The number of piperidine rings is 1. The van der Waals surface area contributed by atoms with Crippen molar-refractivity contribution in [2.75, 3.05) is 13.1 Å². The minimum Gasteiger partial charge on any atom is -0.389 e. The Bertz CT molecular complexity index is 1170. The number of hydrogen-bond acceptors (Lipinski definition) is 6. The van der Waals surface area contributed by atoms with Crippen molar-refractivity contribution in [1.29, 1.82) is 0 Å². The van der Waals surface area contributed by atoms with Crippen molar-refractivity contribution >= 4 is 11.7 Å². The van der Waals surface area contributed by atoms with Crippen molar-refractivity contribution in [3.8, 4) is 0 Å². The van der Waals surface area contributed by atoms with Crippen molar-refractivity contribution in [2.24, 2.45) is 0 Å². The first-order valence-corrected chi connectivity index (χ1v) is 10.2. The summed E-state index contributed by atoms with van der Waals surface area (Å²) in [6.45, 7) is 2.75. The van der Waals surface area contributed by atoms with Crippen LogP contribution in [0.1, 0.15) is 46.0 Å². The fraction of sp³-hybridized carbons (Fsp3) is 0.429. The van der Waals surface area contributed by atoms with Gasteiger partial charge in [-0.3, -0.25) is 4.79 Å². The standard InChI is InChI=1S/C21H22F2N6O2/c1-12-8-15(17(22)23)29-20(25-12)26-18(27-29)19(31)28-7-6-21(16(30)11-28)9-13-4-2-3-5-14(13)10-24-21/h2-5,8,16-17,24,30H,6-7,9-11H2,1H3/t16-,21+/m1/s1. The Morgan fingerprint density at radius 1 is 1.29 bits per heavy atom. The van der Waals surface area contributed by atoms with E-state index in [1.165, 1.54) is 22.1 Å². The molecule has 5 rings (SSSR count). The molecule has 0 aliphatic carbocycles. The van der Waals surface area contributed by atoms with E-state index in [0.717, 1.165) is 4.52 Å². The van der Waals surface area contributed by atoms with E-state index in [4.69, 9.17) is 0 Å². The highest BCUT2D eigenvalue weighted by molar-refractivity contribution is 5.91. The zero-order valence-electron chi connectivity index (χ0n) is 16.9. The fourth-order valence-electron chi connectivity index (χ4n) is 4.55. The van der Waals surface area contributed by atoms with E-state index in [0.29, 0.717) is 31.6 Å². The van der Waals surface area contributed by atoms with E-state index in [2.05, 4.69) is 32.5 Å². The van der Waals surface area contributed by atoms with Gasteiger partial charge in [-0.25, -0.2) is 13.8 Å². The van der Waals surface area contributed by atoms with Gasteiger partial charge in [0.25, 0.3) is 18.1 Å². The average molecular weight is 428 g/mol. The average Bonchev–Trinajstić information content (AvgIpc) is 3.18. The number of aromatic nitrogens is 4. The van der Waals surface area contributed by atoms with Gasteiger partial charge in [-0.1, -0.05) is 24.3 Å². The number of likely N-dealkylation sites (tertiary alicyclic amines) is 1. The van der Waals surface area contributed by atoms with E-state index in [-0.39, 0.29) is 23.8 Å². The largest absolute Gasteiger partial charge is 0.389 e. The van der Waals surface area contributed by atoms with Crippen LogP contribution in [0.4, 0.5) is 8.78 Å². The molecule has 0 saturated carbocycles. The molecule has 1 aromatic carbocycles. The van der Waals surface area contributed by atoms with Crippen LogP contribution >= 0.6 is 0 Å². The zero-order chi connectivity index (χ0) is 21.8. The Morgan fingerprint density at radius 2 is 2.06 bits per heavy atom. The molecule has 2 atom stereocenters. The van der Waals surface area contributed by atoms with Gasteiger partial charge in [0.15, 0.2) is 0 Å². The number of benzene rings is 1. The highest BCUT2D eigenvalue weighted by Crippen LogP contribution is 2.32. The van der Waals surface area contributed by atoms with Gasteiger partial charge in [0.05, 0.1) is 11.6 Å². The minimum atomic E-state index is -2.77. The van der Waals surface area contributed by atoms with Gasteiger partial charge in [0.2, 0.25) is 5.82 Å². The Morgan fingerprint density at radius 3 is 2.81 bits per heavy atom. The number of aliphatic hydroxyl groups excluding tert-OH is 1. The molecular formula is C21H22F2N6O2. The maximum absolute atomic E-state index is 13.3. The summed E-state index contributed by atoms with van der Waals surface area (Å²) in [6, 6.07) is 9.34. The molecule has 1 saturated heterocycles. The van der Waals surface area contributed by atoms with Crippen molar-refractivity contribution < 1.29 is 18.7 Å². The molecule has 2 aromatic heterocycles. The summed E-state index contributed by atoms with van der Waals surface area (Å²) in [7, 11) is 0. The molecule has 31 heavy (non-hydrogen) atoms. The Balaban J connectivity index is 1.37. The second-order valence-electron chi connectivity index (χ2n) is 8.24. The number of nitrogens with zero attached hydrogens (tertiary/aromatic N) is 5. The van der Waals surface area contributed by atoms with Gasteiger partial charge < -0.3 is 15.3 Å². The first-order valence-electron chi connectivity index (χ1n) is 10.2. The van der Waals surface area contributed by atoms with Crippen molar-refractivity contribution in [1.82, 2.24) is 29.8 Å². The summed E-state index contributed by atoms with van der Waals surface area (Å²) >= 11 is 0. The smallest absolute Gasteiger partial charge is 0.293 e. The van der Waals surface area contributed by atoms with E-state index in [9.17, 15) is 18.7 Å². The summed E-state index contributed by atoms with van der Waals surface area (Å²) in [4.78, 5) is 22.6. The topological polar surface area (TPSA) is 95.7 Å². The lowest BCUT2D eigenvalue weighted by molar-refractivity contribution is -0.0142. The van der Waals surface area contributed by atoms with Crippen LogP contribution in [0.2, 0.25) is 0 Å². The molecule has 0 unspecified atom stereocenters. The number of carbonyl (C=O) groups is 1. The number of β-amino-alcohol motifs (C(OH)–C–C–N with tert-alkyl or cyclic N) is 1. The number of rotatable bonds is 2. The molecule has 0 radical (unpaired) electrons. The normalized spacial score (nSPS) is 23.5. The molecule has 1 amide bonds. The number of aryl methyl sites for hydroxylation is 1. The molecule has 8 nitrogen and oxygen atoms in total. The third-order valence-electron chi connectivity index (χ3n) is 6.28. The molecule has 3 aromatic rings. The van der Waals surface area contributed by atoms with Crippen LogP contribution in [0.3, 0.4) is 0 Å². The summed E-state index contributed by atoms with van der Waals surface area (Å²) < 4.78 is 27.6. The number of carbonyl (C=O) groups excluding carboxylic acids is 1. The van der Waals surface area contributed by atoms with Crippen LogP contribution < -0.4 is 5.32 Å². The highest BCUT2D eigenvalue weighted by Gasteiger charge is 2.45.